The lowest BCUT2D eigenvalue weighted by atomic mass is 10.2. The molecule has 134 valence electrons. The Bertz CT molecular complexity index is 967. The number of nitrogens with zero attached hydrogens (tertiary/aromatic N) is 1. The summed E-state index contributed by atoms with van der Waals surface area (Å²) in [5, 5.41) is 4.57. The molecule has 1 N–H and O–H groups in total. The zero-order chi connectivity index (χ0) is 18.6. The van der Waals surface area contributed by atoms with Crippen molar-refractivity contribution in [3.8, 4) is 0 Å². The number of hydrogen-bond donors (Lipinski definition) is 1. The second kappa shape index (κ2) is 7.72. The molecule has 26 heavy (non-hydrogen) atoms. The molecule has 0 bridgehead atoms. The van der Waals surface area contributed by atoms with Crippen molar-refractivity contribution >= 4 is 33.0 Å². The van der Waals surface area contributed by atoms with E-state index in [1.807, 2.05) is 30.3 Å². The number of benzene rings is 2. The van der Waals surface area contributed by atoms with Crippen LogP contribution in [0, 0.1) is 0 Å². The monoisotopic (exact) mass is 386 g/mol. The molecule has 3 aromatic rings. The third kappa shape index (κ3) is 3.95. The van der Waals surface area contributed by atoms with Crippen LogP contribution in [-0.2, 0) is 16.6 Å². The molecule has 1 aromatic heterocycles. The Balaban J connectivity index is 1.69. The zero-order valence-corrected chi connectivity index (χ0v) is 15.8. The number of thiophene rings is 1. The summed E-state index contributed by atoms with van der Waals surface area (Å²) in [4.78, 5) is 12.2. The molecule has 0 saturated carbocycles. The molecular weight excluding hydrogens is 368 g/mol. The van der Waals surface area contributed by atoms with E-state index in [-0.39, 0.29) is 10.1 Å². The summed E-state index contributed by atoms with van der Waals surface area (Å²) in [5.41, 5.74) is 1.99. The Hall–Kier alpha value is -2.64. The SMILES string of the molecule is CN(c1ccc(C(=O)NCc2ccccc2)cc1)S(=O)(=O)c1cccs1. The van der Waals surface area contributed by atoms with Gasteiger partial charge in [0.25, 0.3) is 15.9 Å². The Morgan fingerprint density at radius 2 is 1.69 bits per heavy atom. The van der Waals surface area contributed by atoms with Crippen LogP contribution in [0.25, 0.3) is 0 Å². The van der Waals surface area contributed by atoms with E-state index in [1.165, 1.54) is 22.7 Å². The summed E-state index contributed by atoms with van der Waals surface area (Å²) >= 11 is 1.17. The van der Waals surface area contributed by atoms with Crippen LogP contribution in [0.1, 0.15) is 15.9 Å². The van der Waals surface area contributed by atoms with Gasteiger partial charge in [-0.05, 0) is 41.3 Å². The van der Waals surface area contributed by atoms with Crippen LogP contribution in [0.4, 0.5) is 5.69 Å². The molecule has 2 aromatic carbocycles. The minimum absolute atomic E-state index is 0.204. The molecule has 0 atom stereocenters. The normalized spacial score (nSPS) is 11.1. The van der Waals surface area contributed by atoms with Gasteiger partial charge < -0.3 is 5.32 Å². The molecule has 0 aliphatic carbocycles. The molecule has 0 aliphatic rings. The van der Waals surface area contributed by atoms with Gasteiger partial charge in [-0.25, -0.2) is 8.42 Å². The van der Waals surface area contributed by atoms with Crippen LogP contribution in [0.5, 0.6) is 0 Å². The van der Waals surface area contributed by atoms with E-state index in [1.54, 1.807) is 41.8 Å². The summed E-state index contributed by atoms with van der Waals surface area (Å²) in [6, 6.07) is 19.4. The molecule has 0 radical (unpaired) electrons. The number of amides is 1. The van der Waals surface area contributed by atoms with Gasteiger partial charge in [0, 0.05) is 19.2 Å². The first kappa shape index (κ1) is 18.2. The van der Waals surface area contributed by atoms with E-state index in [0.717, 1.165) is 5.56 Å². The van der Waals surface area contributed by atoms with Gasteiger partial charge in [0.1, 0.15) is 4.21 Å². The Morgan fingerprint density at radius 1 is 1.00 bits per heavy atom. The lowest BCUT2D eigenvalue weighted by Gasteiger charge is -2.18. The quantitative estimate of drug-likeness (QED) is 0.705. The summed E-state index contributed by atoms with van der Waals surface area (Å²) in [5.74, 6) is -0.204. The lowest BCUT2D eigenvalue weighted by molar-refractivity contribution is 0.0951. The molecule has 1 heterocycles. The van der Waals surface area contributed by atoms with Gasteiger partial charge in [0.15, 0.2) is 0 Å². The first-order valence-electron chi connectivity index (χ1n) is 7.93. The van der Waals surface area contributed by atoms with Gasteiger partial charge in [0.2, 0.25) is 0 Å². The molecule has 0 saturated heterocycles. The van der Waals surface area contributed by atoms with Gasteiger partial charge in [-0.2, -0.15) is 0 Å². The zero-order valence-electron chi connectivity index (χ0n) is 14.1. The van der Waals surface area contributed by atoms with Crippen molar-refractivity contribution in [2.24, 2.45) is 0 Å². The van der Waals surface area contributed by atoms with Crippen LogP contribution in [0.3, 0.4) is 0 Å². The second-order valence-corrected chi connectivity index (χ2v) is 8.76. The highest BCUT2D eigenvalue weighted by Crippen LogP contribution is 2.25. The van der Waals surface area contributed by atoms with Gasteiger partial charge in [0.05, 0.1) is 5.69 Å². The number of carbonyl (C=O) groups excluding carboxylic acids is 1. The van der Waals surface area contributed by atoms with E-state index in [0.29, 0.717) is 17.8 Å². The van der Waals surface area contributed by atoms with Gasteiger partial charge >= 0.3 is 0 Å². The van der Waals surface area contributed by atoms with E-state index in [2.05, 4.69) is 5.32 Å². The summed E-state index contributed by atoms with van der Waals surface area (Å²) in [6.07, 6.45) is 0. The number of rotatable bonds is 6. The fourth-order valence-corrected chi connectivity index (χ4v) is 4.74. The molecule has 1 amide bonds. The molecule has 0 aliphatic heterocycles. The van der Waals surface area contributed by atoms with Crippen LogP contribution in [0.2, 0.25) is 0 Å². The predicted octanol–water partition coefficient (Wildman–Crippen LogP) is 3.50. The minimum Gasteiger partial charge on any atom is -0.348 e. The first-order chi connectivity index (χ1) is 12.5. The van der Waals surface area contributed by atoms with Crippen molar-refractivity contribution in [1.82, 2.24) is 5.32 Å². The lowest BCUT2D eigenvalue weighted by Crippen LogP contribution is -2.26. The summed E-state index contributed by atoms with van der Waals surface area (Å²) in [7, 11) is -2.08. The highest BCUT2D eigenvalue weighted by Gasteiger charge is 2.22. The number of anilines is 1. The van der Waals surface area contributed by atoms with Crippen molar-refractivity contribution in [2.75, 3.05) is 11.4 Å². The third-order valence-electron chi connectivity index (χ3n) is 3.90. The first-order valence-corrected chi connectivity index (χ1v) is 10.2. The van der Waals surface area contributed by atoms with Gasteiger partial charge in [-0.15, -0.1) is 11.3 Å². The van der Waals surface area contributed by atoms with E-state index < -0.39 is 10.0 Å². The Morgan fingerprint density at radius 3 is 2.31 bits per heavy atom. The van der Waals surface area contributed by atoms with Crippen molar-refractivity contribution in [2.45, 2.75) is 10.8 Å². The number of sulfonamides is 1. The maximum Gasteiger partial charge on any atom is 0.273 e. The fraction of sp³-hybridized carbons (Fsp3) is 0.105. The largest absolute Gasteiger partial charge is 0.348 e. The van der Waals surface area contributed by atoms with Gasteiger partial charge in [-0.3, -0.25) is 9.10 Å². The smallest absolute Gasteiger partial charge is 0.273 e. The fourth-order valence-electron chi connectivity index (χ4n) is 2.39. The number of hydrogen-bond acceptors (Lipinski definition) is 4. The van der Waals surface area contributed by atoms with Crippen molar-refractivity contribution in [3.63, 3.8) is 0 Å². The van der Waals surface area contributed by atoms with Crippen molar-refractivity contribution in [3.05, 3.63) is 83.2 Å². The van der Waals surface area contributed by atoms with Gasteiger partial charge in [-0.1, -0.05) is 36.4 Å². The van der Waals surface area contributed by atoms with Crippen LogP contribution in [-0.4, -0.2) is 21.4 Å². The molecule has 3 rings (SSSR count). The number of carbonyl (C=O) groups is 1. The predicted molar refractivity (Wildman–Crippen MR) is 104 cm³/mol. The average Bonchev–Trinajstić information content (AvgIpc) is 3.22. The van der Waals surface area contributed by atoms with Crippen molar-refractivity contribution < 1.29 is 13.2 Å². The topological polar surface area (TPSA) is 66.5 Å². The average molecular weight is 386 g/mol. The Labute approximate surface area is 157 Å². The molecule has 5 nitrogen and oxygen atoms in total. The molecule has 0 fully saturated rings. The van der Waals surface area contributed by atoms with E-state index in [9.17, 15) is 13.2 Å². The summed E-state index contributed by atoms with van der Waals surface area (Å²) < 4.78 is 26.6. The van der Waals surface area contributed by atoms with Crippen LogP contribution in [0.15, 0.2) is 76.3 Å². The summed E-state index contributed by atoms with van der Waals surface area (Å²) in [6.45, 7) is 0.439. The highest BCUT2D eigenvalue weighted by molar-refractivity contribution is 7.94. The van der Waals surface area contributed by atoms with E-state index in [4.69, 9.17) is 0 Å². The molecule has 7 heteroatoms. The highest BCUT2D eigenvalue weighted by atomic mass is 32.2. The standard InChI is InChI=1S/C19H18N2O3S2/c1-21(26(23,24)18-8-5-13-25-18)17-11-9-16(10-12-17)19(22)20-14-15-6-3-2-4-7-15/h2-13H,14H2,1H3,(H,20,22). The Kier molecular flexibility index (Phi) is 5.39. The molecule has 0 unspecified atom stereocenters. The molecule has 0 spiro atoms. The maximum absolute atomic E-state index is 12.5. The third-order valence-corrected chi connectivity index (χ3v) is 7.06. The maximum atomic E-state index is 12.5. The second-order valence-electron chi connectivity index (χ2n) is 5.62. The number of nitrogens with one attached hydrogen (secondary N) is 1. The molecular formula is C19H18N2O3S2. The van der Waals surface area contributed by atoms with E-state index >= 15 is 0 Å². The minimum atomic E-state index is -3.58. The van der Waals surface area contributed by atoms with Crippen LogP contribution >= 0.6 is 11.3 Å². The van der Waals surface area contributed by atoms with Crippen LogP contribution < -0.4 is 9.62 Å². The van der Waals surface area contributed by atoms with Crippen molar-refractivity contribution in [1.29, 1.82) is 0 Å².